The smallest absolute Gasteiger partial charge is 0.408 e. The van der Waals surface area contributed by atoms with Gasteiger partial charge in [-0.25, -0.2) is 4.79 Å². The van der Waals surface area contributed by atoms with Gasteiger partial charge in [0, 0.05) is 11.8 Å². The third-order valence-corrected chi connectivity index (χ3v) is 4.43. The Morgan fingerprint density at radius 2 is 1.82 bits per heavy atom. The molecule has 0 aliphatic heterocycles. The highest BCUT2D eigenvalue weighted by molar-refractivity contribution is 5.72. The standard InChI is InChI=1S/C26H32N2O4.C2H6/c1-6-11-20(7-2)22-15-14-21(16-27-22)24(29)23(28-25(30)32-26(3,4)5)18-31-17-19-12-9-8-10-13-19;1-2/h6-16,23-24,29H,1-2,17-18H2,3-5H3,(H,28,30);1-2H3/b20-11+;. The van der Waals surface area contributed by atoms with Crippen molar-refractivity contribution in [2.45, 2.75) is 59.0 Å². The molecule has 2 N–H and O–H groups in total. The summed E-state index contributed by atoms with van der Waals surface area (Å²) >= 11 is 0. The fourth-order valence-corrected chi connectivity index (χ4v) is 2.92. The minimum Gasteiger partial charge on any atom is -0.444 e. The third kappa shape index (κ3) is 10.1. The molecule has 0 spiro atoms. The summed E-state index contributed by atoms with van der Waals surface area (Å²) in [4.78, 5) is 16.8. The first-order chi connectivity index (χ1) is 16.2. The molecule has 6 nitrogen and oxygen atoms in total. The SMILES string of the molecule is C=C/C=C(\C=C)c1ccc(C(O)C(COCc2ccccc2)NC(=O)OC(C)(C)C)cn1.CC. The van der Waals surface area contributed by atoms with Crippen LogP contribution in [-0.4, -0.2) is 34.4 Å². The molecule has 0 aliphatic rings. The van der Waals surface area contributed by atoms with E-state index < -0.39 is 23.8 Å². The second kappa shape index (κ2) is 14.8. The van der Waals surface area contributed by atoms with E-state index >= 15 is 0 Å². The van der Waals surface area contributed by atoms with Crippen LogP contribution in [0.4, 0.5) is 4.79 Å². The Kier molecular flexibility index (Phi) is 12.6. The summed E-state index contributed by atoms with van der Waals surface area (Å²) in [6.45, 7) is 17.2. The first-order valence-corrected chi connectivity index (χ1v) is 11.4. The second-order valence-corrected chi connectivity index (χ2v) is 8.24. The van der Waals surface area contributed by atoms with Gasteiger partial charge in [-0.15, -0.1) is 0 Å². The third-order valence-electron chi connectivity index (χ3n) is 4.43. The van der Waals surface area contributed by atoms with E-state index in [0.29, 0.717) is 17.9 Å². The van der Waals surface area contributed by atoms with E-state index in [1.807, 2.05) is 44.2 Å². The van der Waals surface area contributed by atoms with Gasteiger partial charge in [0.15, 0.2) is 0 Å². The molecule has 0 aliphatic carbocycles. The minimum atomic E-state index is -1.05. The molecule has 2 aromatic rings. The maximum atomic E-state index is 12.3. The van der Waals surface area contributed by atoms with Gasteiger partial charge >= 0.3 is 6.09 Å². The van der Waals surface area contributed by atoms with E-state index in [1.54, 1.807) is 57.3 Å². The number of benzene rings is 1. The number of carbonyl (C=O) groups excluding carboxylic acids is 1. The molecular weight excluding hydrogens is 428 g/mol. The Morgan fingerprint density at radius 3 is 2.35 bits per heavy atom. The lowest BCUT2D eigenvalue weighted by molar-refractivity contribution is 0.0189. The summed E-state index contributed by atoms with van der Waals surface area (Å²) in [7, 11) is 0. The van der Waals surface area contributed by atoms with Gasteiger partial charge in [0.25, 0.3) is 0 Å². The van der Waals surface area contributed by atoms with Crippen LogP contribution in [0.25, 0.3) is 5.57 Å². The van der Waals surface area contributed by atoms with Crippen molar-refractivity contribution in [3.05, 3.63) is 96.9 Å². The molecule has 1 aromatic carbocycles. The van der Waals surface area contributed by atoms with E-state index in [9.17, 15) is 9.90 Å². The monoisotopic (exact) mass is 466 g/mol. The van der Waals surface area contributed by atoms with Gasteiger partial charge < -0.3 is 19.9 Å². The number of hydrogen-bond donors (Lipinski definition) is 2. The fourth-order valence-electron chi connectivity index (χ4n) is 2.92. The molecule has 0 radical (unpaired) electrons. The number of pyridine rings is 1. The van der Waals surface area contributed by atoms with Gasteiger partial charge in [0.05, 0.1) is 24.9 Å². The number of rotatable bonds is 10. The van der Waals surface area contributed by atoms with Crippen molar-refractivity contribution in [2.24, 2.45) is 0 Å². The van der Waals surface area contributed by atoms with Gasteiger partial charge in [-0.1, -0.05) is 81.6 Å². The highest BCUT2D eigenvalue weighted by atomic mass is 16.6. The molecule has 0 saturated heterocycles. The predicted octanol–water partition coefficient (Wildman–Crippen LogP) is 6.01. The van der Waals surface area contributed by atoms with Crippen LogP contribution >= 0.6 is 0 Å². The first kappa shape index (κ1) is 28.8. The average molecular weight is 467 g/mol. The minimum absolute atomic E-state index is 0.0886. The number of aliphatic hydroxyl groups excluding tert-OH is 1. The van der Waals surface area contributed by atoms with E-state index in [2.05, 4.69) is 23.5 Å². The van der Waals surface area contributed by atoms with Crippen LogP contribution in [0, 0.1) is 0 Å². The van der Waals surface area contributed by atoms with Crippen LogP contribution in [0.1, 0.15) is 57.5 Å². The van der Waals surface area contributed by atoms with Crippen molar-refractivity contribution >= 4 is 11.7 Å². The number of carbonyl (C=O) groups is 1. The summed E-state index contributed by atoms with van der Waals surface area (Å²) < 4.78 is 11.1. The Bertz CT molecular complexity index is 916. The number of nitrogens with one attached hydrogen (secondary N) is 1. The number of alkyl carbamates (subject to hydrolysis) is 1. The number of aliphatic hydroxyl groups is 1. The lowest BCUT2D eigenvalue weighted by atomic mass is 10.0. The van der Waals surface area contributed by atoms with Crippen molar-refractivity contribution < 1.29 is 19.4 Å². The lowest BCUT2D eigenvalue weighted by Crippen LogP contribution is -2.45. The van der Waals surface area contributed by atoms with Gasteiger partial charge in [-0.3, -0.25) is 4.98 Å². The molecule has 2 rings (SSSR count). The number of nitrogens with zero attached hydrogens (tertiary/aromatic N) is 1. The van der Waals surface area contributed by atoms with Crippen molar-refractivity contribution in [1.82, 2.24) is 10.3 Å². The average Bonchev–Trinajstić information content (AvgIpc) is 2.82. The highest BCUT2D eigenvalue weighted by Gasteiger charge is 2.26. The fraction of sp³-hybridized carbons (Fsp3) is 0.357. The Labute approximate surface area is 204 Å². The van der Waals surface area contributed by atoms with Crippen molar-refractivity contribution in [2.75, 3.05) is 6.61 Å². The van der Waals surface area contributed by atoms with E-state index in [4.69, 9.17) is 9.47 Å². The highest BCUT2D eigenvalue weighted by Crippen LogP contribution is 2.21. The Balaban J connectivity index is 0.00000281. The normalized spacial score (nSPS) is 13.1. The molecule has 2 unspecified atom stereocenters. The molecular formula is C28H38N2O4. The molecule has 0 saturated carbocycles. The van der Waals surface area contributed by atoms with Crippen LogP contribution in [-0.2, 0) is 16.1 Å². The van der Waals surface area contributed by atoms with Gasteiger partial charge in [0.2, 0.25) is 0 Å². The number of allylic oxidation sites excluding steroid dienone is 4. The van der Waals surface area contributed by atoms with E-state index in [1.165, 1.54) is 0 Å². The topological polar surface area (TPSA) is 80.7 Å². The molecule has 1 heterocycles. The van der Waals surface area contributed by atoms with Gasteiger partial charge in [-0.05, 0) is 38.0 Å². The van der Waals surface area contributed by atoms with Crippen molar-refractivity contribution in [3.63, 3.8) is 0 Å². The maximum absolute atomic E-state index is 12.3. The molecule has 0 fully saturated rings. The summed E-state index contributed by atoms with van der Waals surface area (Å²) in [6.07, 6.45) is 5.04. The molecule has 6 heteroatoms. The van der Waals surface area contributed by atoms with Crippen LogP contribution in [0.2, 0.25) is 0 Å². The summed E-state index contributed by atoms with van der Waals surface area (Å²) in [6, 6.07) is 12.5. The number of ether oxygens (including phenoxy) is 2. The van der Waals surface area contributed by atoms with Crippen LogP contribution in [0.15, 0.2) is 80.0 Å². The molecule has 184 valence electrons. The van der Waals surface area contributed by atoms with Crippen molar-refractivity contribution in [3.8, 4) is 0 Å². The predicted molar refractivity (Wildman–Crippen MR) is 138 cm³/mol. The number of aromatic nitrogens is 1. The second-order valence-electron chi connectivity index (χ2n) is 8.24. The zero-order chi connectivity index (χ0) is 25.6. The summed E-state index contributed by atoms with van der Waals surface area (Å²) in [5.41, 5.74) is 2.39. The lowest BCUT2D eigenvalue weighted by Gasteiger charge is -2.27. The summed E-state index contributed by atoms with van der Waals surface area (Å²) in [5.74, 6) is 0. The molecule has 1 aromatic heterocycles. The maximum Gasteiger partial charge on any atom is 0.408 e. The van der Waals surface area contributed by atoms with Crippen LogP contribution < -0.4 is 5.32 Å². The van der Waals surface area contributed by atoms with Crippen LogP contribution in [0.5, 0.6) is 0 Å². The Morgan fingerprint density at radius 1 is 1.15 bits per heavy atom. The largest absolute Gasteiger partial charge is 0.444 e. The quantitative estimate of drug-likeness (QED) is 0.419. The van der Waals surface area contributed by atoms with E-state index in [0.717, 1.165) is 11.1 Å². The molecule has 34 heavy (non-hydrogen) atoms. The molecule has 1 amide bonds. The zero-order valence-corrected chi connectivity index (χ0v) is 21.0. The van der Waals surface area contributed by atoms with Gasteiger partial charge in [-0.2, -0.15) is 0 Å². The number of amides is 1. The zero-order valence-electron chi connectivity index (χ0n) is 21.0. The molecule has 2 atom stereocenters. The first-order valence-electron chi connectivity index (χ1n) is 11.4. The van der Waals surface area contributed by atoms with E-state index in [-0.39, 0.29) is 6.61 Å². The summed E-state index contributed by atoms with van der Waals surface area (Å²) in [5, 5.41) is 13.7. The van der Waals surface area contributed by atoms with Crippen LogP contribution in [0.3, 0.4) is 0 Å². The molecule has 0 bridgehead atoms. The Hall–Kier alpha value is -3.22. The number of hydrogen-bond acceptors (Lipinski definition) is 5. The van der Waals surface area contributed by atoms with Gasteiger partial charge in [0.1, 0.15) is 11.7 Å². The van der Waals surface area contributed by atoms with Crippen molar-refractivity contribution in [1.29, 1.82) is 0 Å².